The molecular weight excluding hydrogens is 326 g/mol. The molecule has 2 rings (SSSR count). The molecule has 2 aromatic rings. The summed E-state index contributed by atoms with van der Waals surface area (Å²) in [5.74, 6) is 1.18. The van der Waals surface area contributed by atoms with Crippen LogP contribution in [0.2, 0.25) is 0 Å². The zero-order valence-corrected chi connectivity index (χ0v) is 15.5. The van der Waals surface area contributed by atoms with E-state index in [1.165, 1.54) is 12.7 Å². The van der Waals surface area contributed by atoms with Gasteiger partial charge >= 0.3 is 0 Å². The Kier molecular flexibility index (Phi) is 7.12. The molecule has 0 aliphatic rings. The summed E-state index contributed by atoms with van der Waals surface area (Å²) in [6.45, 7) is 2.86. The summed E-state index contributed by atoms with van der Waals surface area (Å²) in [5.41, 5.74) is 15.6. The van der Waals surface area contributed by atoms with E-state index < -0.39 is 0 Å². The topological polar surface area (TPSA) is 82.5 Å². The van der Waals surface area contributed by atoms with Crippen molar-refractivity contribution in [2.45, 2.75) is 19.5 Å². The fourth-order valence-electron chi connectivity index (χ4n) is 2.50. The molecule has 5 N–H and O–H groups in total. The summed E-state index contributed by atoms with van der Waals surface area (Å²) in [7, 11) is 3.20. The van der Waals surface area contributed by atoms with Gasteiger partial charge in [0.15, 0.2) is 5.88 Å². The second-order valence-electron chi connectivity index (χ2n) is 5.97. The van der Waals surface area contributed by atoms with Gasteiger partial charge in [0.05, 0.1) is 14.2 Å². The summed E-state index contributed by atoms with van der Waals surface area (Å²) in [6.07, 6.45) is 3.38. The van der Waals surface area contributed by atoms with Gasteiger partial charge in [0.25, 0.3) is 0 Å². The zero-order valence-electron chi connectivity index (χ0n) is 15.5. The van der Waals surface area contributed by atoms with E-state index >= 15 is 0 Å². The quantitative estimate of drug-likeness (QED) is 0.501. The number of benzene rings is 2. The molecular formula is C21H27N3O2. The molecule has 0 fully saturated rings. The normalized spacial score (nSPS) is 13.3. The molecule has 0 aliphatic heterocycles. The number of ether oxygens (including phenoxy) is 2. The lowest BCUT2D eigenvalue weighted by molar-refractivity contribution is 0.287. The second kappa shape index (κ2) is 9.53. The Morgan fingerprint density at radius 3 is 2.58 bits per heavy atom. The molecule has 1 unspecified atom stereocenters. The number of allylic oxidation sites excluding steroid dienone is 2. The third kappa shape index (κ3) is 5.57. The minimum Gasteiger partial charge on any atom is -0.497 e. The number of hydrogen-bond acceptors (Lipinski definition) is 5. The average molecular weight is 353 g/mol. The summed E-state index contributed by atoms with van der Waals surface area (Å²) >= 11 is 0. The average Bonchev–Trinajstić information content (AvgIpc) is 2.70. The monoisotopic (exact) mass is 353 g/mol. The van der Waals surface area contributed by atoms with Gasteiger partial charge < -0.3 is 26.3 Å². The van der Waals surface area contributed by atoms with Gasteiger partial charge in [-0.2, -0.15) is 0 Å². The first-order valence-corrected chi connectivity index (χ1v) is 8.47. The fraction of sp³-hybridized carbons (Fsp3) is 0.238. The Morgan fingerprint density at radius 2 is 1.85 bits per heavy atom. The molecule has 0 radical (unpaired) electrons. The standard InChI is InChI=1S/C21H27N3O2/c1-15(17-7-5-9-19(13-17)25-2)24-14-16-6-4-8-18(12-16)20(22)10-11-21(23)26-3/h4-13,15,24H,14,22-23H2,1-3H3/b20-10-,21-11+. The predicted octanol–water partition coefficient (Wildman–Crippen LogP) is 3.29. The van der Waals surface area contributed by atoms with Crippen molar-refractivity contribution in [1.82, 2.24) is 5.32 Å². The van der Waals surface area contributed by atoms with Gasteiger partial charge in [0.1, 0.15) is 5.75 Å². The van der Waals surface area contributed by atoms with Crippen molar-refractivity contribution in [3.05, 3.63) is 83.3 Å². The zero-order chi connectivity index (χ0) is 18.9. The molecule has 0 aromatic heterocycles. The van der Waals surface area contributed by atoms with Crippen LogP contribution < -0.4 is 21.5 Å². The van der Waals surface area contributed by atoms with Crippen molar-refractivity contribution in [1.29, 1.82) is 0 Å². The lowest BCUT2D eigenvalue weighted by Gasteiger charge is -2.15. The number of rotatable bonds is 8. The van der Waals surface area contributed by atoms with Gasteiger partial charge in [-0.25, -0.2) is 0 Å². The van der Waals surface area contributed by atoms with E-state index in [9.17, 15) is 0 Å². The van der Waals surface area contributed by atoms with E-state index in [0.29, 0.717) is 11.6 Å². The molecule has 1 atom stereocenters. The van der Waals surface area contributed by atoms with Crippen molar-refractivity contribution < 1.29 is 9.47 Å². The largest absolute Gasteiger partial charge is 0.497 e. The first-order valence-electron chi connectivity index (χ1n) is 8.47. The molecule has 0 amide bonds. The van der Waals surface area contributed by atoms with E-state index in [4.69, 9.17) is 20.9 Å². The molecule has 0 aliphatic carbocycles. The molecule has 5 heteroatoms. The minimum atomic E-state index is 0.200. The first-order chi connectivity index (χ1) is 12.5. The Hall–Kier alpha value is -2.92. The van der Waals surface area contributed by atoms with Crippen molar-refractivity contribution >= 4 is 5.70 Å². The van der Waals surface area contributed by atoms with E-state index in [1.54, 1.807) is 19.3 Å². The van der Waals surface area contributed by atoms with E-state index in [2.05, 4.69) is 30.4 Å². The Labute approximate surface area is 155 Å². The maximum Gasteiger partial charge on any atom is 0.183 e. The Morgan fingerprint density at radius 1 is 1.08 bits per heavy atom. The third-order valence-corrected chi connectivity index (χ3v) is 4.13. The molecule has 0 heterocycles. The molecule has 5 nitrogen and oxygen atoms in total. The SMILES string of the molecule is CO/C(N)=C/C=C(\N)c1cccc(CNC(C)c2cccc(OC)c2)c1. The summed E-state index contributed by atoms with van der Waals surface area (Å²) < 4.78 is 10.2. The van der Waals surface area contributed by atoms with Gasteiger partial charge in [-0.05, 0) is 54.0 Å². The van der Waals surface area contributed by atoms with E-state index in [1.807, 2.05) is 30.3 Å². The molecule has 26 heavy (non-hydrogen) atoms. The van der Waals surface area contributed by atoms with Crippen molar-refractivity contribution in [2.24, 2.45) is 11.5 Å². The Balaban J connectivity index is 2.04. The number of hydrogen-bond donors (Lipinski definition) is 3. The van der Waals surface area contributed by atoms with Crippen molar-refractivity contribution in [2.75, 3.05) is 14.2 Å². The van der Waals surface area contributed by atoms with Crippen LogP contribution in [0.25, 0.3) is 5.70 Å². The van der Waals surface area contributed by atoms with E-state index in [0.717, 1.165) is 23.4 Å². The highest BCUT2D eigenvalue weighted by Gasteiger charge is 2.06. The molecule has 0 spiro atoms. The van der Waals surface area contributed by atoms with Gasteiger partial charge in [-0.3, -0.25) is 0 Å². The maximum atomic E-state index is 6.12. The lowest BCUT2D eigenvalue weighted by atomic mass is 10.1. The highest BCUT2D eigenvalue weighted by Crippen LogP contribution is 2.19. The van der Waals surface area contributed by atoms with Crippen LogP contribution in [0.4, 0.5) is 0 Å². The van der Waals surface area contributed by atoms with Gasteiger partial charge in [0.2, 0.25) is 0 Å². The molecule has 0 bridgehead atoms. The van der Waals surface area contributed by atoms with Crippen molar-refractivity contribution in [3.8, 4) is 5.75 Å². The summed E-state index contributed by atoms with van der Waals surface area (Å²) in [4.78, 5) is 0. The van der Waals surface area contributed by atoms with Gasteiger partial charge in [-0.15, -0.1) is 0 Å². The second-order valence-corrected chi connectivity index (χ2v) is 5.97. The van der Waals surface area contributed by atoms with Crippen LogP contribution in [-0.4, -0.2) is 14.2 Å². The highest BCUT2D eigenvalue weighted by atomic mass is 16.5. The summed E-state index contributed by atoms with van der Waals surface area (Å²) in [5, 5.41) is 3.52. The molecule has 0 saturated carbocycles. The summed E-state index contributed by atoms with van der Waals surface area (Å²) in [6, 6.07) is 16.4. The molecule has 0 saturated heterocycles. The van der Waals surface area contributed by atoms with Crippen LogP contribution in [0, 0.1) is 0 Å². The number of nitrogens with one attached hydrogen (secondary N) is 1. The number of nitrogens with two attached hydrogens (primary N) is 2. The first kappa shape index (κ1) is 19.4. The van der Waals surface area contributed by atoms with Crippen LogP contribution in [0.5, 0.6) is 5.75 Å². The third-order valence-electron chi connectivity index (χ3n) is 4.13. The smallest absolute Gasteiger partial charge is 0.183 e. The van der Waals surface area contributed by atoms with Gasteiger partial charge in [0, 0.05) is 18.3 Å². The Bertz CT molecular complexity index is 784. The van der Waals surface area contributed by atoms with Crippen LogP contribution in [0.15, 0.2) is 66.6 Å². The maximum absolute atomic E-state index is 6.12. The van der Waals surface area contributed by atoms with Crippen LogP contribution >= 0.6 is 0 Å². The predicted molar refractivity (Wildman–Crippen MR) is 106 cm³/mol. The lowest BCUT2D eigenvalue weighted by Crippen LogP contribution is -2.18. The minimum absolute atomic E-state index is 0.200. The number of methoxy groups -OCH3 is 2. The van der Waals surface area contributed by atoms with Crippen LogP contribution in [0.3, 0.4) is 0 Å². The molecule has 2 aromatic carbocycles. The fourth-order valence-corrected chi connectivity index (χ4v) is 2.50. The van der Waals surface area contributed by atoms with Crippen LogP contribution in [-0.2, 0) is 11.3 Å². The molecule has 138 valence electrons. The van der Waals surface area contributed by atoms with E-state index in [-0.39, 0.29) is 6.04 Å². The van der Waals surface area contributed by atoms with Crippen molar-refractivity contribution in [3.63, 3.8) is 0 Å². The highest BCUT2D eigenvalue weighted by molar-refractivity contribution is 5.64. The van der Waals surface area contributed by atoms with Gasteiger partial charge in [-0.1, -0.05) is 30.3 Å². The van der Waals surface area contributed by atoms with Crippen LogP contribution in [0.1, 0.15) is 29.7 Å².